The van der Waals surface area contributed by atoms with Gasteiger partial charge in [0.25, 0.3) is 11.8 Å². The van der Waals surface area contributed by atoms with Gasteiger partial charge in [0.05, 0.1) is 6.54 Å². The molecule has 0 saturated carbocycles. The van der Waals surface area contributed by atoms with Crippen molar-refractivity contribution in [3.05, 3.63) is 29.3 Å². The van der Waals surface area contributed by atoms with Crippen LogP contribution in [-0.4, -0.2) is 47.1 Å². The van der Waals surface area contributed by atoms with Crippen LogP contribution in [0, 0.1) is 13.8 Å². The Morgan fingerprint density at radius 1 is 1.41 bits per heavy atom. The quantitative estimate of drug-likeness (QED) is 0.848. The fraction of sp³-hybridized carbons (Fsp3) is 0.500. The fourth-order valence-electron chi connectivity index (χ4n) is 2.54. The summed E-state index contributed by atoms with van der Waals surface area (Å²) in [6, 6.07) is 5.78. The number of amides is 2. The molecule has 1 unspecified atom stereocenters. The Balaban J connectivity index is 1.97. The third-order valence-electron chi connectivity index (χ3n) is 3.98. The molecule has 1 fully saturated rings. The highest BCUT2D eigenvalue weighted by molar-refractivity contribution is 5.85. The molecule has 0 aliphatic carbocycles. The summed E-state index contributed by atoms with van der Waals surface area (Å²) in [6.45, 7) is 4.15. The van der Waals surface area contributed by atoms with Crippen molar-refractivity contribution in [2.75, 3.05) is 19.7 Å². The number of nitrogens with zero attached hydrogens (tertiary/aromatic N) is 1. The number of carbonyl (C=O) groups excluding carboxylic acids is 2. The Kier molecular flexibility index (Phi) is 4.71. The normalized spacial score (nSPS) is 21.5. The minimum Gasteiger partial charge on any atom is -0.483 e. The first-order valence-electron chi connectivity index (χ1n) is 7.32. The summed E-state index contributed by atoms with van der Waals surface area (Å²) < 4.78 is 5.57. The zero-order chi connectivity index (χ0) is 16.3. The van der Waals surface area contributed by atoms with Gasteiger partial charge in [-0.05, 0) is 43.9 Å². The van der Waals surface area contributed by atoms with Gasteiger partial charge in [0, 0.05) is 6.54 Å². The van der Waals surface area contributed by atoms with Crippen molar-refractivity contribution in [1.29, 1.82) is 0 Å². The Morgan fingerprint density at radius 3 is 2.82 bits per heavy atom. The van der Waals surface area contributed by atoms with Gasteiger partial charge in [0.15, 0.2) is 12.2 Å². The van der Waals surface area contributed by atoms with E-state index < -0.39 is 11.5 Å². The highest BCUT2D eigenvalue weighted by Gasteiger charge is 2.40. The lowest BCUT2D eigenvalue weighted by atomic mass is 9.92. The van der Waals surface area contributed by atoms with Gasteiger partial charge in [0.2, 0.25) is 0 Å². The van der Waals surface area contributed by atoms with E-state index in [0.29, 0.717) is 18.7 Å². The van der Waals surface area contributed by atoms with E-state index in [4.69, 9.17) is 10.5 Å². The summed E-state index contributed by atoms with van der Waals surface area (Å²) in [5, 5.41) is 10.1. The van der Waals surface area contributed by atoms with Crippen LogP contribution in [0.15, 0.2) is 18.2 Å². The van der Waals surface area contributed by atoms with Gasteiger partial charge in [0.1, 0.15) is 5.75 Å². The molecule has 2 amide bonds. The van der Waals surface area contributed by atoms with Crippen molar-refractivity contribution in [3.63, 3.8) is 0 Å². The second kappa shape index (κ2) is 6.36. The Hall–Kier alpha value is -2.08. The molecular weight excluding hydrogens is 284 g/mol. The highest BCUT2D eigenvalue weighted by Crippen LogP contribution is 2.22. The first-order valence-corrected chi connectivity index (χ1v) is 7.32. The molecule has 120 valence electrons. The van der Waals surface area contributed by atoms with Crippen molar-refractivity contribution in [2.45, 2.75) is 32.3 Å². The van der Waals surface area contributed by atoms with Crippen molar-refractivity contribution in [1.82, 2.24) is 4.90 Å². The van der Waals surface area contributed by atoms with Gasteiger partial charge < -0.3 is 20.5 Å². The average molecular weight is 306 g/mol. The summed E-state index contributed by atoms with van der Waals surface area (Å²) >= 11 is 0. The van der Waals surface area contributed by atoms with Crippen LogP contribution in [0.4, 0.5) is 0 Å². The first kappa shape index (κ1) is 16.3. The van der Waals surface area contributed by atoms with Gasteiger partial charge in [-0.25, -0.2) is 0 Å². The number of nitrogens with two attached hydrogens (primary N) is 1. The maximum Gasteiger partial charge on any atom is 0.260 e. The van der Waals surface area contributed by atoms with E-state index in [1.807, 2.05) is 32.0 Å². The number of benzene rings is 1. The molecule has 1 aliphatic rings. The Morgan fingerprint density at radius 2 is 2.14 bits per heavy atom. The lowest BCUT2D eigenvalue weighted by Gasteiger charge is -2.36. The molecule has 3 N–H and O–H groups in total. The third kappa shape index (κ3) is 3.57. The van der Waals surface area contributed by atoms with E-state index >= 15 is 0 Å². The summed E-state index contributed by atoms with van der Waals surface area (Å²) in [5.41, 5.74) is 5.58. The Bertz CT molecular complexity index is 588. The SMILES string of the molecule is Cc1ccc(C)c(OCC(=O)N2CCCC(O)(C(N)=O)C2)c1. The maximum absolute atomic E-state index is 12.2. The van der Waals surface area contributed by atoms with Crippen molar-refractivity contribution in [3.8, 4) is 5.75 Å². The Labute approximate surface area is 129 Å². The number of primary amides is 1. The van der Waals surface area contributed by atoms with Crippen LogP contribution in [-0.2, 0) is 9.59 Å². The number of carbonyl (C=O) groups is 2. The summed E-state index contributed by atoms with van der Waals surface area (Å²) in [7, 11) is 0. The number of aryl methyl sites for hydroxylation is 2. The van der Waals surface area contributed by atoms with Gasteiger partial charge >= 0.3 is 0 Å². The maximum atomic E-state index is 12.2. The first-order chi connectivity index (χ1) is 10.3. The predicted molar refractivity (Wildman–Crippen MR) is 81.4 cm³/mol. The second-order valence-corrected chi connectivity index (χ2v) is 5.87. The number of piperidine rings is 1. The summed E-state index contributed by atoms with van der Waals surface area (Å²) in [6.07, 6.45) is 0.818. The molecule has 0 spiro atoms. The number of likely N-dealkylation sites (tertiary alicyclic amines) is 1. The van der Waals surface area contributed by atoms with Crippen LogP contribution in [0.2, 0.25) is 0 Å². The molecule has 1 atom stereocenters. The van der Waals surface area contributed by atoms with Crippen LogP contribution < -0.4 is 10.5 Å². The summed E-state index contributed by atoms with van der Waals surface area (Å²) in [4.78, 5) is 25.0. The molecule has 0 bridgehead atoms. The van der Waals surface area contributed by atoms with Crippen molar-refractivity contribution in [2.24, 2.45) is 5.73 Å². The number of ether oxygens (including phenoxy) is 1. The third-order valence-corrected chi connectivity index (χ3v) is 3.98. The molecule has 2 rings (SSSR count). The average Bonchev–Trinajstić information content (AvgIpc) is 2.47. The largest absolute Gasteiger partial charge is 0.483 e. The lowest BCUT2D eigenvalue weighted by molar-refractivity contribution is -0.150. The molecule has 1 aromatic rings. The van der Waals surface area contributed by atoms with Gasteiger partial charge in [-0.15, -0.1) is 0 Å². The minimum absolute atomic E-state index is 0.0721. The van der Waals surface area contributed by atoms with Crippen LogP contribution in [0.1, 0.15) is 24.0 Å². The van der Waals surface area contributed by atoms with E-state index in [9.17, 15) is 14.7 Å². The zero-order valence-electron chi connectivity index (χ0n) is 13.0. The summed E-state index contributed by atoms with van der Waals surface area (Å²) in [5.74, 6) is -0.392. The minimum atomic E-state index is -1.63. The fourth-order valence-corrected chi connectivity index (χ4v) is 2.54. The van der Waals surface area contributed by atoms with Gasteiger partial charge in [-0.2, -0.15) is 0 Å². The van der Waals surface area contributed by atoms with E-state index in [1.54, 1.807) is 0 Å². The van der Waals surface area contributed by atoms with E-state index in [-0.39, 0.29) is 25.5 Å². The van der Waals surface area contributed by atoms with E-state index in [1.165, 1.54) is 4.90 Å². The molecular formula is C16H22N2O4. The second-order valence-electron chi connectivity index (χ2n) is 5.87. The van der Waals surface area contributed by atoms with Crippen molar-refractivity contribution < 1.29 is 19.4 Å². The van der Waals surface area contributed by atoms with E-state index in [0.717, 1.165) is 11.1 Å². The zero-order valence-corrected chi connectivity index (χ0v) is 13.0. The molecule has 0 aromatic heterocycles. The molecule has 0 radical (unpaired) electrons. The number of aliphatic hydroxyl groups is 1. The molecule has 1 aliphatic heterocycles. The van der Waals surface area contributed by atoms with E-state index in [2.05, 4.69) is 0 Å². The van der Waals surface area contributed by atoms with Crippen LogP contribution in [0.25, 0.3) is 0 Å². The highest BCUT2D eigenvalue weighted by atomic mass is 16.5. The number of rotatable bonds is 4. The molecule has 1 saturated heterocycles. The molecule has 22 heavy (non-hydrogen) atoms. The number of hydrogen-bond acceptors (Lipinski definition) is 4. The molecule has 1 aromatic carbocycles. The number of β-amino-alcohol motifs (C(OH)–C–C–N with tert-alkyl or cyclic N) is 1. The molecule has 1 heterocycles. The molecule has 6 heteroatoms. The van der Waals surface area contributed by atoms with Gasteiger partial charge in [-0.3, -0.25) is 9.59 Å². The number of hydrogen-bond donors (Lipinski definition) is 2. The van der Waals surface area contributed by atoms with Crippen LogP contribution in [0.5, 0.6) is 5.75 Å². The lowest BCUT2D eigenvalue weighted by Crippen LogP contribution is -2.57. The van der Waals surface area contributed by atoms with Crippen molar-refractivity contribution >= 4 is 11.8 Å². The topological polar surface area (TPSA) is 92.9 Å². The van der Waals surface area contributed by atoms with Gasteiger partial charge in [-0.1, -0.05) is 12.1 Å². The van der Waals surface area contributed by atoms with Crippen LogP contribution in [0.3, 0.4) is 0 Å². The molecule has 6 nitrogen and oxygen atoms in total. The smallest absolute Gasteiger partial charge is 0.260 e. The monoisotopic (exact) mass is 306 g/mol. The standard InChI is InChI=1S/C16H22N2O4/c1-11-4-5-12(2)13(8-11)22-9-14(19)18-7-3-6-16(21,10-18)15(17)20/h4-5,8,21H,3,6-7,9-10H2,1-2H3,(H2,17,20). The predicted octanol–water partition coefficient (Wildman–Crippen LogP) is 0.521. The van der Waals surface area contributed by atoms with Crippen LogP contribution >= 0.6 is 0 Å².